The van der Waals surface area contributed by atoms with Crippen molar-refractivity contribution in [3.05, 3.63) is 103 Å². The normalized spacial score (nSPS) is 12.1. The van der Waals surface area contributed by atoms with Gasteiger partial charge in [0.05, 0.1) is 44.9 Å². The van der Waals surface area contributed by atoms with Crippen LogP contribution < -0.4 is 17.2 Å². The predicted molar refractivity (Wildman–Crippen MR) is 217 cm³/mol. The smallest absolute Gasteiger partial charge is 0.296 e. The van der Waals surface area contributed by atoms with Crippen molar-refractivity contribution in [3.63, 3.8) is 0 Å². The van der Waals surface area contributed by atoms with Gasteiger partial charge in [-0.2, -0.15) is 32.2 Å². The van der Waals surface area contributed by atoms with E-state index >= 15 is 0 Å². The second-order valence-corrected chi connectivity index (χ2v) is 14.6. The Morgan fingerprint density at radius 3 is 1.82 bits per heavy atom. The minimum Gasteiger partial charge on any atom is -0.505 e. The van der Waals surface area contributed by atoms with Crippen molar-refractivity contribution >= 4 is 152 Å². The van der Waals surface area contributed by atoms with E-state index < -0.39 is 52.8 Å². The Bertz CT molecular complexity index is 2980. The number of phenols is 1. The van der Waals surface area contributed by atoms with Gasteiger partial charge in [-0.3, -0.25) is 9.11 Å². The molecule has 7 rings (SSSR count). The number of hydrogen-bond acceptors (Lipinski definition) is 15. The standard InChI is InChI=1S/C35H27N11O7S2.2Na/c36-20-8-12-25(24(37)16-20)44-43-23-11-13-26-27(17-23)40-35(39-26)18-6-9-22(10-7-18)42-45-32-28(54(48,49)50)14-19-15-29(55(51,52)53)33(34(47)30(19)31(32)38)46-41-21-4-2-1-3-5-21;;/h1-17,47H,36-38H2,(H,39,40)(H,48,49,50)(H,51,52,53);;. The molecule has 18 nitrogen and oxygen atoms in total. The van der Waals surface area contributed by atoms with Crippen molar-refractivity contribution in [2.24, 2.45) is 30.7 Å². The maximum Gasteiger partial charge on any atom is 0.296 e. The zero-order valence-electron chi connectivity index (χ0n) is 30.0. The first-order valence-corrected chi connectivity index (χ1v) is 18.7. The van der Waals surface area contributed by atoms with E-state index in [-0.39, 0.29) is 81.3 Å². The number of hydrogen-bond donors (Lipinski definition) is 7. The molecule has 1 aromatic heterocycles. The summed E-state index contributed by atoms with van der Waals surface area (Å²) in [7, 11) is -10.1. The second kappa shape index (κ2) is 17.2. The molecule has 0 saturated carbocycles. The summed E-state index contributed by atoms with van der Waals surface area (Å²) in [6.45, 7) is 0. The van der Waals surface area contributed by atoms with Gasteiger partial charge in [0, 0.05) is 70.4 Å². The Hall–Kier alpha value is -5.13. The van der Waals surface area contributed by atoms with Gasteiger partial charge in [0.1, 0.15) is 32.7 Å². The molecule has 0 fully saturated rings. The van der Waals surface area contributed by atoms with Crippen LogP contribution in [0.15, 0.2) is 144 Å². The number of H-pyrrole nitrogens is 1. The molecule has 0 spiro atoms. The Morgan fingerprint density at radius 1 is 0.614 bits per heavy atom. The van der Waals surface area contributed by atoms with Crippen LogP contribution >= 0.6 is 0 Å². The number of anilines is 3. The topological polar surface area (TPSA) is 310 Å². The molecule has 0 atom stereocenters. The van der Waals surface area contributed by atoms with Gasteiger partial charge in [-0.15, -0.1) is 15.3 Å². The minimum atomic E-state index is -5.05. The van der Waals surface area contributed by atoms with Gasteiger partial charge in [-0.25, -0.2) is 4.98 Å². The molecular weight excluding hydrogens is 797 g/mol. The van der Waals surface area contributed by atoms with Crippen LogP contribution in [-0.2, 0) is 20.2 Å². The SMILES string of the molecule is Nc1ccc(N=Nc2ccc3[nH]c(-c4ccc(N=Nc5c(S(=O)(=O)O)cc6cc(S(=O)(=O)O)c(N=Nc7ccccc7)c(O)c6c5N)cc4)nc3c2)c(N)c1.[Na].[Na]. The molecule has 2 radical (unpaired) electrons. The summed E-state index contributed by atoms with van der Waals surface area (Å²) in [4.78, 5) is 6.11. The molecule has 0 aliphatic carbocycles. The first-order chi connectivity index (χ1) is 26.2. The number of aromatic amines is 1. The fraction of sp³-hybridized carbons (Fsp3) is 0. The summed E-state index contributed by atoms with van der Waals surface area (Å²) in [5.74, 6) is -0.347. The average Bonchev–Trinajstić information content (AvgIpc) is 3.57. The fourth-order valence-corrected chi connectivity index (χ4v) is 6.80. The van der Waals surface area contributed by atoms with Crippen molar-refractivity contribution in [1.82, 2.24) is 9.97 Å². The number of aromatic nitrogens is 2. The van der Waals surface area contributed by atoms with Crippen molar-refractivity contribution < 1.29 is 31.0 Å². The monoisotopic (exact) mass is 823 g/mol. The Kier molecular flexibility index (Phi) is 12.9. The van der Waals surface area contributed by atoms with Crippen LogP contribution in [0.4, 0.5) is 51.2 Å². The number of imidazole rings is 1. The van der Waals surface area contributed by atoms with E-state index in [4.69, 9.17) is 17.2 Å². The second-order valence-electron chi connectivity index (χ2n) is 11.8. The fourth-order valence-electron chi connectivity index (χ4n) is 5.47. The van der Waals surface area contributed by atoms with Crippen LogP contribution in [0.1, 0.15) is 0 Å². The molecule has 0 saturated heterocycles. The molecule has 278 valence electrons. The van der Waals surface area contributed by atoms with Crippen LogP contribution in [0.3, 0.4) is 0 Å². The number of nitrogens with one attached hydrogen (secondary N) is 1. The van der Waals surface area contributed by atoms with Crippen LogP contribution in [0.2, 0.25) is 0 Å². The molecule has 7 aromatic rings. The van der Waals surface area contributed by atoms with E-state index in [9.17, 15) is 31.0 Å². The van der Waals surface area contributed by atoms with Crippen LogP contribution in [0.25, 0.3) is 33.2 Å². The van der Waals surface area contributed by atoms with Gasteiger partial charge in [-0.1, -0.05) is 18.2 Å². The first-order valence-electron chi connectivity index (χ1n) is 15.8. The molecule has 0 aliphatic rings. The molecule has 57 heavy (non-hydrogen) atoms. The average molecular weight is 824 g/mol. The first kappa shape index (κ1) is 43.0. The molecule has 0 aliphatic heterocycles. The largest absolute Gasteiger partial charge is 0.505 e. The van der Waals surface area contributed by atoms with Crippen LogP contribution in [0.5, 0.6) is 5.75 Å². The maximum atomic E-state index is 12.5. The zero-order chi connectivity index (χ0) is 39.1. The van der Waals surface area contributed by atoms with Crippen molar-refractivity contribution in [3.8, 4) is 17.1 Å². The number of benzene rings is 6. The van der Waals surface area contributed by atoms with E-state index in [0.717, 1.165) is 17.6 Å². The van der Waals surface area contributed by atoms with E-state index in [1.165, 1.54) is 0 Å². The van der Waals surface area contributed by atoms with Gasteiger partial charge < -0.3 is 27.3 Å². The molecule has 22 heteroatoms. The summed E-state index contributed by atoms with van der Waals surface area (Å²) >= 11 is 0. The van der Waals surface area contributed by atoms with Gasteiger partial charge >= 0.3 is 0 Å². The molecular formula is C35H27N11Na2O7S2. The number of nitrogens with two attached hydrogens (primary N) is 3. The van der Waals surface area contributed by atoms with Crippen molar-refractivity contribution in [2.75, 3.05) is 17.2 Å². The predicted octanol–water partition coefficient (Wildman–Crippen LogP) is 7.81. The summed E-state index contributed by atoms with van der Waals surface area (Å²) in [5, 5.41) is 34.9. The van der Waals surface area contributed by atoms with E-state index in [1.54, 1.807) is 91.0 Å². The third kappa shape index (κ3) is 9.37. The summed E-state index contributed by atoms with van der Waals surface area (Å²) < 4.78 is 69.6. The maximum absolute atomic E-state index is 12.5. The molecule has 1 heterocycles. The molecule has 0 unspecified atom stereocenters. The number of phenolic OH excluding ortho intramolecular Hbond substituents is 1. The van der Waals surface area contributed by atoms with Gasteiger partial charge in [0.2, 0.25) is 0 Å². The molecule has 0 amide bonds. The molecule has 10 N–H and O–H groups in total. The summed E-state index contributed by atoms with van der Waals surface area (Å²) in [6.07, 6.45) is 0. The van der Waals surface area contributed by atoms with E-state index in [1.807, 2.05) is 0 Å². The van der Waals surface area contributed by atoms with Gasteiger partial charge in [-0.05, 0) is 90.3 Å². The molecule has 6 aromatic carbocycles. The summed E-state index contributed by atoms with van der Waals surface area (Å²) in [6, 6.07) is 26.5. The number of nitrogens with zero attached hydrogens (tertiary/aromatic N) is 7. The number of rotatable bonds is 9. The minimum absolute atomic E-state index is 0. The zero-order valence-corrected chi connectivity index (χ0v) is 35.6. The Labute approximate surface area is 368 Å². The number of nitrogen functional groups attached to an aromatic ring is 3. The number of aromatic hydroxyl groups is 1. The molecule has 0 bridgehead atoms. The van der Waals surface area contributed by atoms with E-state index in [0.29, 0.717) is 39.7 Å². The van der Waals surface area contributed by atoms with Gasteiger partial charge in [0.25, 0.3) is 20.2 Å². The quantitative estimate of drug-likeness (QED) is 0.0318. The number of azo groups is 3. The summed E-state index contributed by atoms with van der Waals surface area (Å²) in [5.41, 5.74) is 20.7. The third-order valence-corrected chi connectivity index (χ3v) is 9.82. The third-order valence-electron chi connectivity index (χ3n) is 8.09. The Balaban J connectivity index is 0.00000310. The van der Waals surface area contributed by atoms with Crippen molar-refractivity contribution in [1.29, 1.82) is 0 Å². The number of fused-ring (bicyclic) bond motifs is 2. The van der Waals surface area contributed by atoms with E-state index in [2.05, 4.69) is 40.7 Å². The van der Waals surface area contributed by atoms with Gasteiger partial charge in [0.15, 0.2) is 5.75 Å². The van der Waals surface area contributed by atoms with Crippen molar-refractivity contribution in [2.45, 2.75) is 9.79 Å². The van der Waals surface area contributed by atoms with Crippen LogP contribution in [-0.4, -0.2) is 100 Å². The van der Waals surface area contributed by atoms with Crippen LogP contribution in [0, 0.1) is 0 Å². The Morgan fingerprint density at radius 2 is 1.19 bits per heavy atom.